The summed E-state index contributed by atoms with van der Waals surface area (Å²) in [5.41, 5.74) is 1.68. The van der Waals surface area contributed by atoms with Crippen LogP contribution in [0, 0.1) is 0 Å². The Morgan fingerprint density at radius 2 is 0.787 bits per heavy atom. The molecule has 4 rings (SSSR count). The van der Waals surface area contributed by atoms with Gasteiger partial charge in [-0.1, -0.05) is 24.3 Å². The number of anilines is 2. The predicted octanol–water partition coefficient (Wildman–Crippen LogP) is 10.9. The first-order valence-corrected chi connectivity index (χ1v) is 12.8. The first-order valence-electron chi connectivity index (χ1n) is 12.8. The second kappa shape index (κ2) is 12.8. The van der Waals surface area contributed by atoms with Crippen molar-refractivity contribution in [3.05, 3.63) is 119 Å². The monoisotopic (exact) mass is 678 g/mol. The molecule has 0 radical (unpaired) electrons. The number of nitrogens with two attached hydrogens (primary N) is 2. The number of hydrogen-bond acceptors (Lipinski definition) is 4. The molecule has 47 heavy (non-hydrogen) atoms. The number of nitrogen functional groups attached to an aromatic ring is 2. The largest absolute Gasteiger partial charge is 0.457 e. The van der Waals surface area contributed by atoms with Crippen molar-refractivity contribution in [2.45, 2.75) is 17.8 Å². The van der Waals surface area contributed by atoms with Gasteiger partial charge in [-0.15, -0.1) is 0 Å². The van der Waals surface area contributed by atoms with Crippen LogP contribution in [0.25, 0.3) is 11.7 Å². The lowest BCUT2D eigenvalue weighted by atomic mass is 9.73. The highest BCUT2D eigenvalue weighted by atomic mass is 19.4. The number of hydrogen-bond donors (Lipinski definition) is 2. The average molecular weight is 678 g/mol. The number of ether oxygens (including phenoxy) is 2. The van der Waals surface area contributed by atoms with E-state index in [9.17, 15) is 52.7 Å². The number of rotatable bonds is 8. The van der Waals surface area contributed by atoms with Crippen molar-refractivity contribution in [1.82, 2.24) is 0 Å². The Morgan fingerprint density at radius 3 is 1.06 bits per heavy atom. The van der Waals surface area contributed by atoms with Crippen molar-refractivity contribution in [2.24, 2.45) is 0 Å². The van der Waals surface area contributed by atoms with Gasteiger partial charge in [0.1, 0.15) is 23.0 Å². The highest BCUT2D eigenvalue weighted by Gasteiger charge is 2.72. The third-order valence-corrected chi connectivity index (χ3v) is 6.69. The van der Waals surface area contributed by atoms with E-state index in [2.05, 4.69) is 0 Å². The summed E-state index contributed by atoms with van der Waals surface area (Å²) in [6.07, 6.45) is -17.5. The summed E-state index contributed by atoms with van der Waals surface area (Å²) in [7, 11) is 0. The van der Waals surface area contributed by atoms with E-state index in [1.807, 2.05) is 0 Å². The van der Waals surface area contributed by atoms with E-state index < -0.39 is 86.8 Å². The summed E-state index contributed by atoms with van der Waals surface area (Å²) >= 11 is 0. The van der Waals surface area contributed by atoms with Gasteiger partial charge >= 0.3 is 24.5 Å². The van der Waals surface area contributed by atoms with E-state index in [-0.39, 0.29) is 11.4 Å². The molecule has 0 fully saturated rings. The van der Waals surface area contributed by atoms with Crippen LogP contribution in [-0.4, -0.2) is 12.4 Å². The van der Waals surface area contributed by atoms with Crippen LogP contribution >= 0.6 is 0 Å². The fourth-order valence-corrected chi connectivity index (χ4v) is 4.60. The van der Waals surface area contributed by atoms with Gasteiger partial charge in [0, 0.05) is 11.4 Å². The molecule has 0 unspecified atom stereocenters. The SMILES string of the molecule is Nc1ccc(Oc2ccc(C(c3ccc(Oc4ccc(N)cc4C(F)=C(F)F)cc3)(C(F)(F)F)C(F)(F)F)cc2)c(C(F)=C(F)F)c1. The molecular weight excluding hydrogens is 660 g/mol. The van der Waals surface area contributed by atoms with Crippen molar-refractivity contribution >= 4 is 23.0 Å². The van der Waals surface area contributed by atoms with Crippen LogP contribution < -0.4 is 20.9 Å². The van der Waals surface area contributed by atoms with Crippen LogP contribution in [-0.2, 0) is 5.41 Å². The third kappa shape index (κ3) is 6.80. The van der Waals surface area contributed by atoms with Crippen LogP contribution in [0.3, 0.4) is 0 Å². The van der Waals surface area contributed by atoms with E-state index in [1.54, 1.807) is 0 Å². The zero-order valence-corrected chi connectivity index (χ0v) is 23.1. The molecule has 0 aliphatic carbocycles. The fourth-order valence-electron chi connectivity index (χ4n) is 4.60. The molecule has 0 atom stereocenters. The summed E-state index contributed by atoms with van der Waals surface area (Å²) in [5, 5.41) is 0. The summed E-state index contributed by atoms with van der Waals surface area (Å²) in [6.45, 7) is 0. The van der Waals surface area contributed by atoms with Crippen molar-refractivity contribution < 1.29 is 62.2 Å². The van der Waals surface area contributed by atoms with E-state index >= 15 is 0 Å². The minimum atomic E-state index is -6.02. The second-order valence-electron chi connectivity index (χ2n) is 9.66. The Labute approximate surface area is 257 Å². The van der Waals surface area contributed by atoms with Crippen molar-refractivity contribution in [2.75, 3.05) is 11.5 Å². The lowest BCUT2D eigenvalue weighted by Crippen LogP contribution is -2.54. The summed E-state index contributed by atoms with van der Waals surface area (Å²) in [5.74, 6) is -6.07. The van der Waals surface area contributed by atoms with Gasteiger partial charge in [0.15, 0.2) is 11.7 Å². The fraction of sp³-hybridized carbons (Fsp3) is 0.0968. The summed E-state index contributed by atoms with van der Waals surface area (Å²) in [4.78, 5) is 0. The van der Waals surface area contributed by atoms with Crippen LogP contribution in [0.1, 0.15) is 22.3 Å². The van der Waals surface area contributed by atoms with Crippen molar-refractivity contribution in [1.29, 1.82) is 0 Å². The van der Waals surface area contributed by atoms with Gasteiger partial charge in [0.25, 0.3) is 0 Å². The molecule has 4 aromatic rings. The molecule has 0 aromatic heterocycles. The third-order valence-electron chi connectivity index (χ3n) is 6.69. The Bertz CT molecular complexity index is 1690. The van der Waals surface area contributed by atoms with Crippen LogP contribution in [0.5, 0.6) is 23.0 Å². The van der Waals surface area contributed by atoms with Crippen molar-refractivity contribution in [3.63, 3.8) is 0 Å². The molecule has 4 nitrogen and oxygen atoms in total. The van der Waals surface area contributed by atoms with Crippen LogP contribution in [0.2, 0.25) is 0 Å². The average Bonchev–Trinajstić information content (AvgIpc) is 2.98. The Morgan fingerprint density at radius 1 is 0.468 bits per heavy atom. The lowest BCUT2D eigenvalue weighted by Gasteiger charge is -2.38. The summed E-state index contributed by atoms with van der Waals surface area (Å²) in [6, 6.07) is 10.2. The van der Waals surface area contributed by atoms with Gasteiger partial charge in [-0.2, -0.15) is 43.9 Å². The first-order chi connectivity index (χ1) is 21.9. The Hall–Kier alpha value is -5.28. The normalized spacial score (nSPS) is 12.0. The zero-order valence-electron chi connectivity index (χ0n) is 23.1. The van der Waals surface area contributed by atoms with E-state index in [0.29, 0.717) is 48.5 Å². The molecule has 4 N–H and O–H groups in total. The maximum absolute atomic E-state index is 14.6. The molecule has 0 amide bonds. The van der Waals surface area contributed by atoms with Crippen LogP contribution in [0.15, 0.2) is 97.1 Å². The molecule has 4 aromatic carbocycles. The van der Waals surface area contributed by atoms with E-state index in [1.165, 1.54) is 0 Å². The molecule has 0 bridgehead atoms. The first kappa shape index (κ1) is 34.6. The van der Waals surface area contributed by atoms with E-state index in [4.69, 9.17) is 20.9 Å². The van der Waals surface area contributed by atoms with Crippen molar-refractivity contribution in [3.8, 4) is 23.0 Å². The molecule has 248 valence electrons. The summed E-state index contributed by atoms with van der Waals surface area (Å²) < 4.78 is 178. The molecule has 0 saturated heterocycles. The Balaban J connectivity index is 1.76. The number of benzene rings is 4. The predicted molar refractivity (Wildman–Crippen MR) is 148 cm³/mol. The van der Waals surface area contributed by atoms with Gasteiger partial charge < -0.3 is 20.9 Å². The minimum absolute atomic E-state index is 0.151. The molecule has 0 aliphatic rings. The van der Waals surface area contributed by atoms with E-state index in [0.717, 1.165) is 36.4 Å². The van der Waals surface area contributed by atoms with Gasteiger partial charge in [-0.05, 0) is 71.8 Å². The molecule has 0 aliphatic heterocycles. The topological polar surface area (TPSA) is 70.5 Å². The Kier molecular flexibility index (Phi) is 9.45. The standard InChI is InChI=1S/C31H18F12N2O2/c32-25(27(34)35)21-13-17(44)5-11-23(21)46-19-7-1-15(2-8-19)29(30(38,39)40,31(41,42)43)16-3-9-20(10-4-16)47-24-12-6-18(45)14-22(24)26(33)28(36)37/h1-14H,44-45H2. The number of halogens is 12. The van der Waals surface area contributed by atoms with Gasteiger partial charge in [0.05, 0.1) is 11.1 Å². The molecule has 16 heteroatoms. The lowest BCUT2D eigenvalue weighted by molar-refractivity contribution is -0.288. The molecule has 0 heterocycles. The highest BCUT2D eigenvalue weighted by Crippen LogP contribution is 2.56. The zero-order chi connectivity index (χ0) is 34.9. The smallest absolute Gasteiger partial charge is 0.411 e. The quantitative estimate of drug-likeness (QED) is 0.144. The highest BCUT2D eigenvalue weighted by molar-refractivity contribution is 5.70. The van der Waals surface area contributed by atoms with Gasteiger partial charge in [0.2, 0.25) is 5.41 Å². The molecule has 0 saturated carbocycles. The molecule has 0 spiro atoms. The maximum Gasteiger partial charge on any atom is 0.411 e. The minimum Gasteiger partial charge on any atom is -0.457 e. The van der Waals surface area contributed by atoms with Gasteiger partial charge in [-0.3, -0.25) is 0 Å². The maximum atomic E-state index is 14.6. The number of alkyl halides is 6. The molecular formula is C31H18F12N2O2. The van der Waals surface area contributed by atoms with Crippen LogP contribution in [0.4, 0.5) is 64.1 Å². The second-order valence-corrected chi connectivity index (χ2v) is 9.66. The van der Waals surface area contributed by atoms with Gasteiger partial charge in [-0.25, -0.2) is 8.78 Å².